The molecule has 1 amide bonds. The molecule has 0 aromatic heterocycles. The van der Waals surface area contributed by atoms with E-state index in [9.17, 15) is 4.79 Å². The minimum absolute atomic E-state index is 0.248. The number of nitrogens with zero attached hydrogens (tertiary/aromatic N) is 2. The first-order chi connectivity index (χ1) is 10.6. The van der Waals surface area contributed by atoms with Crippen molar-refractivity contribution < 1.29 is 14.3 Å². The number of carbonyl (C=O) groups is 1. The van der Waals surface area contributed by atoms with Crippen molar-refractivity contribution in [3.8, 4) is 0 Å². The fourth-order valence-electron chi connectivity index (χ4n) is 3.24. The molecule has 0 aromatic rings. The molecule has 2 fully saturated rings. The van der Waals surface area contributed by atoms with Crippen molar-refractivity contribution in [2.24, 2.45) is 0 Å². The number of carbonyl (C=O) groups excluding carboxylic acids is 1. The Bertz CT molecular complexity index is 344. The van der Waals surface area contributed by atoms with Crippen LogP contribution in [0, 0.1) is 0 Å². The lowest BCUT2D eigenvalue weighted by atomic mass is 10.0. The predicted octanol–water partition coefficient (Wildman–Crippen LogP) is 2.25. The molecule has 2 aliphatic rings. The van der Waals surface area contributed by atoms with E-state index in [1.54, 1.807) is 0 Å². The molecule has 0 atom stereocenters. The number of hydrogen-bond donors (Lipinski definition) is 0. The first-order valence-corrected chi connectivity index (χ1v) is 8.86. The van der Waals surface area contributed by atoms with E-state index < -0.39 is 5.79 Å². The van der Waals surface area contributed by atoms with Gasteiger partial charge in [0.05, 0.1) is 19.8 Å². The summed E-state index contributed by atoms with van der Waals surface area (Å²) in [6, 6.07) is 0.415. The first kappa shape index (κ1) is 17.7. The van der Waals surface area contributed by atoms with Crippen LogP contribution in [0.1, 0.15) is 52.9 Å². The van der Waals surface area contributed by atoms with Crippen molar-refractivity contribution in [1.29, 1.82) is 0 Å². The zero-order valence-corrected chi connectivity index (χ0v) is 14.5. The average molecular weight is 312 g/mol. The summed E-state index contributed by atoms with van der Waals surface area (Å²) in [5, 5.41) is 0. The molecule has 0 bridgehead atoms. The normalized spacial score (nSPS) is 21.2. The Morgan fingerprint density at radius 3 is 2.36 bits per heavy atom. The van der Waals surface area contributed by atoms with Gasteiger partial charge in [0, 0.05) is 32.0 Å². The Balaban J connectivity index is 1.78. The van der Waals surface area contributed by atoms with Crippen molar-refractivity contribution in [1.82, 2.24) is 9.80 Å². The third kappa shape index (κ3) is 4.67. The van der Waals surface area contributed by atoms with Crippen LogP contribution in [0.25, 0.3) is 0 Å². The fourth-order valence-corrected chi connectivity index (χ4v) is 3.24. The molecular weight excluding hydrogens is 280 g/mol. The lowest BCUT2D eigenvalue weighted by molar-refractivity contribution is -0.187. The molecule has 22 heavy (non-hydrogen) atoms. The number of amides is 1. The summed E-state index contributed by atoms with van der Waals surface area (Å²) in [6.07, 6.45) is 5.23. The second-order valence-electron chi connectivity index (χ2n) is 6.76. The lowest BCUT2D eigenvalue weighted by Gasteiger charge is -2.38. The van der Waals surface area contributed by atoms with Crippen molar-refractivity contribution in [3.05, 3.63) is 0 Å². The van der Waals surface area contributed by atoms with Crippen LogP contribution < -0.4 is 0 Å². The summed E-state index contributed by atoms with van der Waals surface area (Å²) in [6.45, 7) is 11.0. The van der Waals surface area contributed by atoms with Crippen molar-refractivity contribution in [2.75, 3.05) is 39.4 Å². The standard InChI is InChI=1S/C17H32N2O3/c1-4-5-6-9-19(15(2)3)14-16(20)18-10-7-17(8-11-18)21-12-13-22-17/h15H,4-14H2,1-3H3. The largest absolute Gasteiger partial charge is 0.347 e. The predicted molar refractivity (Wildman–Crippen MR) is 86.7 cm³/mol. The Morgan fingerprint density at radius 1 is 1.18 bits per heavy atom. The summed E-state index contributed by atoms with van der Waals surface area (Å²) in [7, 11) is 0. The third-order valence-corrected chi connectivity index (χ3v) is 4.81. The van der Waals surface area contributed by atoms with Gasteiger partial charge in [0.25, 0.3) is 0 Å². The summed E-state index contributed by atoms with van der Waals surface area (Å²) in [5.74, 6) is -0.145. The monoisotopic (exact) mass is 312 g/mol. The smallest absolute Gasteiger partial charge is 0.236 e. The molecule has 1 spiro atoms. The van der Waals surface area contributed by atoms with Crippen LogP contribution in [-0.4, -0.2) is 66.9 Å². The zero-order chi connectivity index (χ0) is 16.0. The minimum atomic E-state index is -0.393. The SMILES string of the molecule is CCCCCN(CC(=O)N1CCC2(CC1)OCCO2)C(C)C. The van der Waals surface area contributed by atoms with Crippen LogP contribution >= 0.6 is 0 Å². The fraction of sp³-hybridized carbons (Fsp3) is 0.941. The summed E-state index contributed by atoms with van der Waals surface area (Å²) in [4.78, 5) is 16.8. The Hall–Kier alpha value is -0.650. The Labute approximate surface area is 134 Å². The molecule has 2 saturated heterocycles. The van der Waals surface area contributed by atoms with Gasteiger partial charge in [0.2, 0.25) is 5.91 Å². The van der Waals surface area contributed by atoms with Gasteiger partial charge in [-0.3, -0.25) is 9.69 Å². The van der Waals surface area contributed by atoms with Gasteiger partial charge in [-0.1, -0.05) is 19.8 Å². The van der Waals surface area contributed by atoms with Crippen molar-refractivity contribution in [2.45, 2.75) is 64.7 Å². The molecule has 2 rings (SSSR count). The van der Waals surface area contributed by atoms with Gasteiger partial charge in [-0.15, -0.1) is 0 Å². The Kier molecular flexibility index (Phi) is 6.66. The van der Waals surface area contributed by atoms with Crippen LogP contribution in [0.15, 0.2) is 0 Å². The third-order valence-electron chi connectivity index (χ3n) is 4.81. The molecule has 0 saturated carbocycles. The van der Waals surface area contributed by atoms with Crippen LogP contribution in [0.4, 0.5) is 0 Å². The second-order valence-corrected chi connectivity index (χ2v) is 6.76. The molecule has 5 nitrogen and oxygen atoms in total. The molecule has 0 unspecified atom stereocenters. The van der Waals surface area contributed by atoms with Crippen molar-refractivity contribution >= 4 is 5.91 Å². The minimum Gasteiger partial charge on any atom is -0.347 e. The van der Waals surface area contributed by atoms with Gasteiger partial charge in [-0.05, 0) is 26.8 Å². The highest BCUT2D eigenvalue weighted by Crippen LogP contribution is 2.31. The topological polar surface area (TPSA) is 42.0 Å². The summed E-state index contributed by atoms with van der Waals surface area (Å²) < 4.78 is 11.4. The molecular formula is C17H32N2O3. The number of unbranched alkanes of at least 4 members (excludes halogenated alkanes) is 2. The van der Waals surface area contributed by atoms with Crippen LogP contribution in [0.3, 0.4) is 0 Å². The average Bonchev–Trinajstić information content (AvgIpc) is 2.95. The molecule has 2 heterocycles. The van der Waals surface area contributed by atoms with Gasteiger partial charge in [0.1, 0.15) is 0 Å². The van der Waals surface area contributed by atoms with Gasteiger partial charge >= 0.3 is 0 Å². The van der Waals surface area contributed by atoms with E-state index in [4.69, 9.17) is 9.47 Å². The molecule has 128 valence electrons. The molecule has 5 heteroatoms. The van der Waals surface area contributed by atoms with Gasteiger partial charge in [-0.2, -0.15) is 0 Å². The second kappa shape index (κ2) is 8.27. The van der Waals surface area contributed by atoms with Gasteiger partial charge < -0.3 is 14.4 Å². The van der Waals surface area contributed by atoms with Gasteiger partial charge in [0.15, 0.2) is 5.79 Å². The van der Waals surface area contributed by atoms with E-state index in [0.29, 0.717) is 25.8 Å². The number of rotatable bonds is 7. The number of ether oxygens (including phenoxy) is 2. The molecule has 0 aromatic carbocycles. The highest BCUT2D eigenvalue weighted by atomic mass is 16.7. The maximum atomic E-state index is 12.6. The molecule has 0 aliphatic carbocycles. The van der Waals surface area contributed by atoms with Crippen LogP contribution in [0.2, 0.25) is 0 Å². The Morgan fingerprint density at radius 2 is 1.82 bits per heavy atom. The van der Waals surface area contributed by atoms with E-state index in [1.165, 1.54) is 19.3 Å². The number of likely N-dealkylation sites (tertiary alicyclic amines) is 1. The van der Waals surface area contributed by atoms with Crippen LogP contribution in [-0.2, 0) is 14.3 Å². The zero-order valence-electron chi connectivity index (χ0n) is 14.5. The number of hydrogen-bond acceptors (Lipinski definition) is 4. The molecule has 2 aliphatic heterocycles. The van der Waals surface area contributed by atoms with E-state index in [0.717, 1.165) is 32.5 Å². The van der Waals surface area contributed by atoms with Gasteiger partial charge in [-0.25, -0.2) is 0 Å². The van der Waals surface area contributed by atoms with Crippen LogP contribution in [0.5, 0.6) is 0 Å². The van der Waals surface area contributed by atoms with E-state index in [-0.39, 0.29) is 5.91 Å². The summed E-state index contributed by atoms with van der Waals surface area (Å²) >= 11 is 0. The van der Waals surface area contributed by atoms with E-state index in [2.05, 4.69) is 25.7 Å². The first-order valence-electron chi connectivity index (χ1n) is 8.86. The molecule has 0 radical (unpaired) electrons. The highest BCUT2D eigenvalue weighted by molar-refractivity contribution is 5.78. The lowest BCUT2D eigenvalue weighted by Crippen LogP contribution is -2.50. The quantitative estimate of drug-likeness (QED) is 0.676. The van der Waals surface area contributed by atoms with E-state index >= 15 is 0 Å². The highest BCUT2D eigenvalue weighted by Gasteiger charge is 2.40. The summed E-state index contributed by atoms with van der Waals surface area (Å²) in [5.41, 5.74) is 0. The maximum absolute atomic E-state index is 12.6. The maximum Gasteiger partial charge on any atom is 0.236 e. The number of piperidine rings is 1. The van der Waals surface area contributed by atoms with Crippen molar-refractivity contribution in [3.63, 3.8) is 0 Å². The molecule has 0 N–H and O–H groups in total. The van der Waals surface area contributed by atoms with E-state index in [1.807, 2.05) is 4.90 Å².